The minimum absolute atomic E-state index is 0.0923. The molecule has 1 aromatic rings. The van der Waals surface area contributed by atoms with Crippen LogP contribution in [0.5, 0.6) is 5.75 Å². The summed E-state index contributed by atoms with van der Waals surface area (Å²) in [6, 6.07) is 2.02. The highest BCUT2D eigenvalue weighted by molar-refractivity contribution is 5.93. The van der Waals surface area contributed by atoms with Crippen molar-refractivity contribution in [2.75, 3.05) is 26.8 Å². The summed E-state index contributed by atoms with van der Waals surface area (Å²) < 4.78 is 9.80. The van der Waals surface area contributed by atoms with Crippen LogP contribution in [0, 0.1) is 6.92 Å². The fourth-order valence-electron chi connectivity index (χ4n) is 3.59. The molecule has 1 aromatic carbocycles. The summed E-state index contributed by atoms with van der Waals surface area (Å²) in [5, 5.41) is 25.6. The number of ether oxygens (including phenoxy) is 2. The Morgan fingerprint density at radius 1 is 1.11 bits per heavy atom. The van der Waals surface area contributed by atoms with E-state index in [-0.39, 0.29) is 17.9 Å². The molecule has 2 unspecified atom stereocenters. The van der Waals surface area contributed by atoms with Crippen LogP contribution < -0.4 is 10.6 Å². The predicted molar refractivity (Wildman–Crippen MR) is 137 cm³/mol. The first-order chi connectivity index (χ1) is 17.4. The second-order valence-electron chi connectivity index (χ2n) is 9.68. The number of aryl methyl sites for hydroxylation is 1. The van der Waals surface area contributed by atoms with E-state index in [4.69, 9.17) is 4.74 Å². The molecular weight excluding hydrogens is 482 g/mol. The predicted octanol–water partition coefficient (Wildman–Crippen LogP) is 2.33. The van der Waals surface area contributed by atoms with Crippen molar-refractivity contribution < 1.29 is 38.9 Å². The van der Waals surface area contributed by atoms with Gasteiger partial charge in [0.05, 0.1) is 13.7 Å². The Labute approximate surface area is 218 Å². The molecular formula is C26H41N3O8. The van der Waals surface area contributed by atoms with Gasteiger partial charge in [-0.05, 0) is 39.7 Å². The van der Waals surface area contributed by atoms with Gasteiger partial charge in [0.1, 0.15) is 30.0 Å². The number of carbonyl (C=O) groups is 4. The van der Waals surface area contributed by atoms with Gasteiger partial charge in [-0.2, -0.15) is 0 Å². The number of benzene rings is 1. The quantitative estimate of drug-likeness (QED) is 0.227. The van der Waals surface area contributed by atoms with Gasteiger partial charge in [-0.3, -0.25) is 14.4 Å². The van der Waals surface area contributed by atoms with Crippen molar-refractivity contribution in [3.8, 4) is 5.75 Å². The lowest BCUT2D eigenvalue weighted by molar-refractivity contribution is -0.145. The average Bonchev–Trinajstić information content (AvgIpc) is 2.83. The van der Waals surface area contributed by atoms with E-state index in [0.717, 1.165) is 19.3 Å². The molecule has 0 saturated heterocycles. The number of aliphatic hydroxyl groups excluding tert-OH is 1. The van der Waals surface area contributed by atoms with Crippen LogP contribution in [0.15, 0.2) is 18.2 Å². The van der Waals surface area contributed by atoms with Gasteiger partial charge in [0, 0.05) is 12.1 Å². The van der Waals surface area contributed by atoms with Gasteiger partial charge in [-0.25, -0.2) is 4.79 Å². The maximum atomic E-state index is 13.7. The normalized spacial score (nSPS) is 12.7. The molecule has 3 amide bonds. The third-order valence-corrected chi connectivity index (χ3v) is 5.47. The number of nitrogens with zero attached hydrogens (tertiary/aromatic N) is 1. The van der Waals surface area contributed by atoms with E-state index in [0.29, 0.717) is 12.0 Å². The summed E-state index contributed by atoms with van der Waals surface area (Å²) in [5.74, 6) is -2.36. The van der Waals surface area contributed by atoms with Crippen LogP contribution in [-0.2, 0) is 23.9 Å². The van der Waals surface area contributed by atoms with Gasteiger partial charge in [-0.15, -0.1) is 0 Å². The van der Waals surface area contributed by atoms with Crippen LogP contribution in [-0.4, -0.2) is 77.4 Å². The lowest BCUT2D eigenvalue weighted by atomic mass is 9.98. The molecule has 0 aliphatic carbocycles. The first kappa shape index (κ1) is 31.7. The van der Waals surface area contributed by atoms with Gasteiger partial charge in [0.25, 0.3) is 0 Å². The third-order valence-electron chi connectivity index (χ3n) is 5.47. The van der Waals surface area contributed by atoms with Crippen molar-refractivity contribution in [3.05, 3.63) is 29.3 Å². The number of esters is 1. The van der Waals surface area contributed by atoms with Gasteiger partial charge >= 0.3 is 12.1 Å². The summed E-state index contributed by atoms with van der Waals surface area (Å²) >= 11 is 0. The highest BCUT2D eigenvalue weighted by Gasteiger charge is 2.37. The molecule has 0 heterocycles. The number of alkyl carbamates (subject to hydrolysis) is 1. The molecule has 0 spiro atoms. The SMILES string of the molecule is CCCCCCN(C(=O)C(CO)NC(=O)OC(C)(C)C)C(C(=O)NCC(=O)OC)c1cccc(C)c1O. The van der Waals surface area contributed by atoms with Crippen LogP contribution >= 0.6 is 0 Å². The molecule has 0 radical (unpaired) electrons. The average molecular weight is 524 g/mol. The number of unbranched alkanes of at least 4 members (excludes halogenated alkanes) is 3. The monoisotopic (exact) mass is 523 g/mol. The van der Waals surface area contributed by atoms with Crippen LogP contribution in [0.4, 0.5) is 4.79 Å². The Morgan fingerprint density at radius 3 is 2.35 bits per heavy atom. The van der Waals surface area contributed by atoms with Crippen LogP contribution in [0.1, 0.15) is 70.5 Å². The molecule has 0 bridgehead atoms. The fraction of sp³-hybridized carbons (Fsp3) is 0.615. The minimum atomic E-state index is -1.41. The second kappa shape index (κ2) is 15.0. The van der Waals surface area contributed by atoms with E-state index < -0.39 is 54.7 Å². The largest absolute Gasteiger partial charge is 0.507 e. The molecule has 0 fully saturated rings. The number of methoxy groups -OCH3 is 1. The zero-order chi connectivity index (χ0) is 28.2. The summed E-state index contributed by atoms with van der Waals surface area (Å²) in [6.45, 7) is 7.55. The van der Waals surface area contributed by atoms with Crippen LogP contribution in [0.3, 0.4) is 0 Å². The topological polar surface area (TPSA) is 154 Å². The van der Waals surface area contributed by atoms with Crippen molar-refractivity contribution in [1.29, 1.82) is 0 Å². The Bertz CT molecular complexity index is 929. The summed E-state index contributed by atoms with van der Waals surface area (Å²) in [5.41, 5.74) is -0.219. The molecule has 1 rings (SSSR count). The number of phenols is 1. The standard InChI is InChI=1S/C26H41N3O8/c1-7-8-9-10-14-29(24(34)19(16-30)28-25(35)37-26(3,4)5)21(23(33)27-15-20(31)36-6)18-13-11-12-17(2)22(18)32/h11-13,19,21,30,32H,7-10,14-16H2,1-6H3,(H,27,33)(H,28,35). The summed E-state index contributed by atoms with van der Waals surface area (Å²) in [7, 11) is 1.18. The Hall–Kier alpha value is -3.34. The van der Waals surface area contributed by atoms with E-state index in [1.807, 2.05) is 6.92 Å². The first-order valence-electron chi connectivity index (χ1n) is 12.4. The van der Waals surface area contributed by atoms with Gasteiger partial charge in [0.15, 0.2) is 0 Å². The van der Waals surface area contributed by atoms with Crippen molar-refractivity contribution in [1.82, 2.24) is 15.5 Å². The van der Waals surface area contributed by atoms with Gasteiger partial charge in [-0.1, -0.05) is 44.4 Å². The zero-order valence-corrected chi connectivity index (χ0v) is 22.6. The Kier molecular flexibility index (Phi) is 12.9. The molecule has 11 heteroatoms. The number of carbonyl (C=O) groups excluding carboxylic acids is 4. The number of phenolic OH excluding ortho intramolecular Hbond substituents is 1. The first-order valence-corrected chi connectivity index (χ1v) is 12.4. The van der Waals surface area contributed by atoms with E-state index in [9.17, 15) is 29.4 Å². The highest BCUT2D eigenvalue weighted by atomic mass is 16.6. The molecule has 37 heavy (non-hydrogen) atoms. The van der Waals surface area contributed by atoms with E-state index in [1.54, 1.807) is 39.8 Å². The van der Waals surface area contributed by atoms with Crippen molar-refractivity contribution in [3.63, 3.8) is 0 Å². The Balaban J connectivity index is 3.46. The molecule has 4 N–H and O–H groups in total. The van der Waals surface area contributed by atoms with Crippen LogP contribution in [0.25, 0.3) is 0 Å². The number of hydrogen-bond donors (Lipinski definition) is 4. The summed E-state index contributed by atoms with van der Waals surface area (Å²) in [6.07, 6.45) is 2.22. The van der Waals surface area contributed by atoms with Crippen LogP contribution in [0.2, 0.25) is 0 Å². The Morgan fingerprint density at radius 2 is 1.78 bits per heavy atom. The zero-order valence-electron chi connectivity index (χ0n) is 22.6. The third kappa shape index (κ3) is 10.3. The lowest BCUT2D eigenvalue weighted by Gasteiger charge is -2.34. The van der Waals surface area contributed by atoms with Gasteiger partial charge in [0.2, 0.25) is 11.8 Å². The van der Waals surface area contributed by atoms with Crippen molar-refractivity contribution in [2.45, 2.75) is 78.0 Å². The molecule has 11 nitrogen and oxygen atoms in total. The van der Waals surface area contributed by atoms with Gasteiger partial charge < -0.3 is 35.2 Å². The smallest absolute Gasteiger partial charge is 0.408 e. The lowest BCUT2D eigenvalue weighted by Crippen LogP contribution is -2.54. The second-order valence-corrected chi connectivity index (χ2v) is 9.68. The number of aromatic hydroxyl groups is 1. The number of nitrogens with one attached hydrogen (secondary N) is 2. The molecule has 0 saturated carbocycles. The van der Waals surface area contributed by atoms with E-state index in [1.165, 1.54) is 18.1 Å². The number of hydrogen-bond acceptors (Lipinski definition) is 8. The number of para-hydroxylation sites is 1. The molecule has 2 atom stereocenters. The number of rotatable bonds is 13. The molecule has 208 valence electrons. The fourth-order valence-corrected chi connectivity index (χ4v) is 3.59. The van der Waals surface area contributed by atoms with Crippen molar-refractivity contribution >= 4 is 23.9 Å². The molecule has 0 aliphatic heterocycles. The molecule has 0 aliphatic rings. The molecule has 0 aromatic heterocycles. The maximum Gasteiger partial charge on any atom is 0.408 e. The number of aliphatic hydroxyl groups is 1. The van der Waals surface area contributed by atoms with E-state index >= 15 is 0 Å². The number of amides is 3. The van der Waals surface area contributed by atoms with E-state index in [2.05, 4.69) is 15.4 Å². The van der Waals surface area contributed by atoms with Crippen molar-refractivity contribution in [2.24, 2.45) is 0 Å². The minimum Gasteiger partial charge on any atom is -0.507 e. The maximum absolute atomic E-state index is 13.7. The summed E-state index contributed by atoms with van der Waals surface area (Å²) in [4.78, 5) is 52.3. The highest BCUT2D eigenvalue weighted by Crippen LogP contribution is 2.32.